The number of carbonyl (C=O) groups is 1. The molecule has 1 aromatic carbocycles. The lowest BCUT2D eigenvalue weighted by molar-refractivity contribution is 0.252. The number of piperazine rings is 1. The van der Waals surface area contributed by atoms with E-state index in [4.69, 9.17) is 11.6 Å². The molecule has 1 saturated heterocycles. The summed E-state index contributed by atoms with van der Waals surface area (Å²) in [5, 5.41) is 5.54. The summed E-state index contributed by atoms with van der Waals surface area (Å²) in [6, 6.07) is 8.04. The highest BCUT2D eigenvalue weighted by atomic mass is 35.5. The van der Waals surface area contributed by atoms with Gasteiger partial charge in [-0.3, -0.25) is 0 Å². The fourth-order valence-corrected chi connectivity index (χ4v) is 4.29. The predicted octanol–water partition coefficient (Wildman–Crippen LogP) is 1.40. The number of urea groups is 1. The van der Waals surface area contributed by atoms with Crippen LogP contribution < -0.4 is 15.5 Å². The van der Waals surface area contributed by atoms with E-state index in [2.05, 4.69) is 20.6 Å². The second kappa shape index (κ2) is 9.18. The van der Waals surface area contributed by atoms with Crippen LogP contribution in [0.15, 0.2) is 42.7 Å². The van der Waals surface area contributed by atoms with Crippen molar-refractivity contribution in [2.45, 2.75) is 0 Å². The lowest BCUT2D eigenvalue weighted by Crippen LogP contribution is -2.50. The lowest BCUT2D eigenvalue weighted by atomic mass is 10.3. The highest BCUT2D eigenvalue weighted by Crippen LogP contribution is 2.20. The summed E-state index contributed by atoms with van der Waals surface area (Å²) in [7, 11) is -3.47. The Hall–Kier alpha value is -2.43. The monoisotopic (exact) mass is 424 g/mol. The molecule has 0 aliphatic carbocycles. The van der Waals surface area contributed by atoms with Gasteiger partial charge in [0.05, 0.1) is 16.5 Å². The summed E-state index contributed by atoms with van der Waals surface area (Å²) in [5.74, 6) is 0.419. The molecule has 0 bridgehead atoms. The predicted molar refractivity (Wildman–Crippen MR) is 108 cm³/mol. The molecule has 2 heterocycles. The Morgan fingerprint density at radius 2 is 1.75 bits per heavy atom. The zero-order valence-electron chi connectivity index (χ0n) is 15.1. The van der Waals surface area contributed by atoms with Gasteiger partial charge in [-0.15, -0.1) is 0 Å². The van der Waals surface area contributed by atoms with E-state index in [1.54, 1.807) is 42.7 Å². The maximum absolute atomic E-state index is 12.5. The largest absolute Gasteiger partial charge is 0.338 e. The van der Waals surface area contributed by atoms with Crippen LogP contribution in [-0.2, 0) is 10.0 Å². The highest BCUT2D eigenvalue weighted by molar-refractivity contribution is 7.89. The molecule has 150 valence electrons. The number of rotatable bonds is 6. The van der Waals surface area contributed by atoms with Crippen molar-refractivity contribution in [1.29, 1.82) is 0 Å². The molecule has 11 heteroatoms. The summed E-state index contributed by atoms with van der Waals surface area (Å²) in [5.41, 5.74) is 0.462. The zero-order chi connectivity index (χ0) is 20.0. The first-order valence-electron chi connectivity index (χ1n) is 8.75. The average molecular weight is 425 g/mol. The number of hydrogen-bond donors (Lipinski definition) is 2. The number of carbonyl (C=O) groups excluding carboxylic acids is 1. The molecular weight excluding hydrogens is 404 g/mol. The van der Waals surface area contributed by atoms with E-state index in [9.17, 15) is 13.2 Å². The van der Waals surface area contributed by atoms with Crippen molar-refractivity contribution in [2.75, 3.05) is 48.7 Å². The molecule has 2 aromatic rings. The average Bonchev–Trinajstić information content (AvgIpc) is 2.70. The first-order valence-corrected chi connectivity index (χ1v) is 10.7. The topological polar surface area (TPSA) is 108 Å². The van der Waals surface area contributed by atoms with Gasteiger partial charge < -0.3 is 15.5 Å². The van der Waals surface area contributed by atoms with Crippen molar-refractivity contribution in [2.24, 2.45) is 0 Å². The van der Waals surface area contributed by atoms with Gasteiger partial charge in [0.2, 0.25) is 16.0 Å². The first kappa shape index (κ1) is 20.3. The Balaban J connectivity index is 1.44. The number of anilines is 2. The molecule has 0 spiro atoms. The molecule has 9 nitrogen and oxygen atoms in total. The minimum absolute atomic E-state index is 0.000625. The van der Waals surface area contributed by atoms with Crippen LogP contribution in [0.3, 0.4) is 0 Å². The molecule has 1 aromatic heterocycles. The second-order valence-electron chi connectivity index (χ2n) is 6.11. The number of benzene rings is 1. The van der Waals surface area contributed by atoms with E-state index in [0.29, 0.717) is 42.8 Å². The summed E-state index contributed by atoms with van der Waals surface area (Å²) in [4.78, 5) is 22.2. The van der Waals surface area contributed by atoms with Crippen molar-refractivity contribution < 1.29 is 13.2 Å². The SMILES string of the molecule is O=C(NCCS(=O)(=O)N1CCN(c2ncccn2)CC1)Nc1ccccc1Cl. The molecule has 0 atom stereocenters. The van der Waals surface area contributed by atoms with Crippen LogP contribution >= 0.6 is 11.6 Å². The van der Waals surface area contributed by atoms with Crippen LogP contribution in [0.5, 0.6) is 0 Å². The summed E-state index contributed by atoms with van der Waals surface area (Å²) < 4.78 is 26.4. The van der Waals surface area contributed by atoms with E-state index in [0.717, 1.165) is 0 Å². The van der Waals surface area contributed by atoms with Gasteiger partial charge in [0.25, 0.3) is 0 Å². The van der Waals surface area contributed by atoms with Crippen LogP contribution in [-0.4, -0.2) is 67.2 Å². The zero-order valence-corrected chi connectivity index (χ0v) is 16.7. The standard InChI is InChI=1S/C17H21ClN6O3S/c18-14-4-1-2-5-15(14)22-17(25)21-8-13-28(26,27)24-11-9-23(10-12-24)16-19-6-3-7-20-16/h1-7H,8-13H2,(H2,21,22,25). The highest BCUT2D eigenvalue weighted by Gasteiger charge is 2.27. The molecule has 28 heavy (non-hydrogen) atoms. The molecule has 0 radical (unpaired) electrons. The second-order valence-corrected chi connectivity index (χ2v) is 8.61. The molecule has 1 aliphatic rings. The lowest BCUT2D eigenvalue weighted by Gasteiger charge is -2.33. The van der Waals surface area contributed by atoms with Gasteiger partial charge in [-0.05, 0) is 18.2 Å². The van der Waals surface area contributed by atoms with E-state index < -0.39 is 16.1 Å². The Kier molecular flexibility index (Phi) is 6.65. The number of nitrogens with zero attached hydrogens (tertiary/aromatic N) is 4. The van der Waals surface area contributed by atoms with Crippen LogP contribution in [0.2, 0.25) is 5.02 Å². The molecule has 2 amide bonds. The smallest absolute Gasteiger partial charge is 0.319 e. The number of amides is 2. The van der Waals surface area contributed by atoms with Gasteiger partial charge in [0, 0.05) is 45.1 Å². The Labute approximate surface area is 168 Å². The normalized spacial score (nSPS) is 15.2. The fourth-order valence-electron chi connectivity index (χ4n) is 2.77. The van der Waals surface area contributed by atoms with Crippen molar-refractivity contribution in [3.05, 3.63) is 47.7 Å². The molecular formula is C17H21ClN6O3S. The van der Waals surface area contributed by atoms with Crippen LogP contribution in [0.4, 0.5) is 16.4 Å². The van der Waals surface area contributed by atoms with Crippen molar-refractivity contribution in [1.82, 2.24) is 19.6 Å². The number of aromatic nitrogens is 2. The third-order valence-corrected chi connectivity index (χ3v) is 6.44. The van der Waals surface area contributed by atoms with E-state index in [1.807, 2.05) is 4.90 Å². The van der Waals surface area contributed by atoms with E-state index >= 15 is 0 Å². The maximum Gasteiger partial charge on any atom is 0.319 e. The van der Waals surface area contributed by atoms with Gasteiger partial charge in [0.1, 0.15) is 0 Å². The van der Waals surface area contributed by atoms with Gasteiger partial charge in [-0.25, -0.2) is 23.2 Å². The van der Waals surface area contributed by atoms with Crippen molar-refractivity contribution in [3.8, 4) is 0 Å². The van der Waals surface area contributed by atoms with Gasteiger partial charge in [-0.2, -0.15) is 4.31 Å². The fraction of sp³-hybridized carbons (Fsp3) is 0.353. The molecule has 2 N–H and O–H groups in total. The minimum atomic E-state index is -3.47. The Morgan fingerprint density at radius 1 is 1.07 bits per heavy atom. The molecule has 3 rings (SSSR count). The number of hydrogen-bond acceptors (Lipinski definition) is 6. The van der Waals surface area contributed by atoms with Crippen molar-refractivity contribution >= 4 is 39.3 Å². The van der Waals surface area contributed by atoms with Crippen LogP contribution in [0.1, 0.15) is 0 Å². The molecule has 0 saturated carbocycles. The Bertz CT molecular complexity index is 904. The van der Waals surface area contributed by atoms with Gasteiger partial charge in [-0.1, -0.05) is 23.7 Å². The minimum Gasteiger partial charge on any atom is -0.338 e. The summed E-state index contributed by atoms with van der Waals surface area (Å²) in [6.07, 6.45) is 3.32. The third kappa shape index (κ3) is 5.31. The number of sulfonamides is 1. The van der Waals surface area contributed by atoms with E-state index in [1.165, 1.54) is 4.31 Å². The Morgan fingerprint density at radius 3 is 2.43 bits per heavy atom. The van der Waals surface area contributed by atoms with E-state index in [-0.39, 0.29) is 12.3 Å². The number of halogens is 1. The summed E-state index contributed by atoms with van der Waals surface area (Å²) >= 11 is 5.97. The van der Waals surface area contributed by atoms with Gasteiger partial charge in [0.15, 0.2) is 0 Å². The van der Waals surface area contributed by atoms with Crippen LogP contribution in [0, 0.1) is 0 Å². The number of nitrogens with one attached hydrogen (secondary N) is 2. The molecule has 1 aliphatic heterocycles. The van der Waals surface area contributed by atoms with Crippen LogP contribution in [0.25, 0.3) is 0 Å². The molecule has 0 unspecified atom stereocenters. The third-order valence-electron chi connectivity index (χ3n) is 4.23. The first-order chi connectivity index (χ1) is 13.5. The number of para-hydroxylation sites is 1. The maximum atomic E-state index is 12.5. The van der Waals surface area contributed by atoms with Gasteiger partial charge >= 0.3 is 6.03 Å². The summed E-state index contributed by atoms with van der Waals surface area (Å²) in [6.45, 7) is 1.74. The molecule has 1 fully saturated rings. The van der Waals surface area contributed by atoms with Crippen molar-refractivity contribution in [3.63, 3.8) is 0 Å². The quantitative estimate of drug-likeness (QED) is 0.725.